The first-order valence-electron chi connectivity index (χ1n) is 6.74. The predicted molar refractivity (Wildman–Crippen MR) is 82.5 cm³/mol. The van der Waals surface area contributed by atoms with Gasteiger partial charge >= 0.3 is 0 Å². The van der Waals surface area contributed by atoms with Crippen LogP contribution in [-0.2, 0) is 12.4 Å². The van der Waals surface area contributed by atoms with Gasteiger partial charge in [0, 0.05) is 12.4 Å². The Hall–Kier alpha value is -2.14. The van der Waals surface area contributed by atoms with Gasteiger partial charge in [0.2, 0.25) is 0 Å². The predicted octanol–water partition coefficient (Wildman–Crippen LogP) is 2.59. The van der Waals surface area contributed by atoms with Crippen molar-refractivity contribution >= 4 is 22.5 Å². The zero-order valence-electron chi connectivity index (χ0n) is 11.6. The van der Waals surface area contributed by atoms with Gasteiger partial charge in [-0.1, -0.05) is 12.1 Å². The van der Waals surface area contributed by atoms with Crippen molar-refractivity contribution in [2.24, 2.45) is 0 Å². The molecule has 0 fully saturated rings. The lowest BCUT2D eigenvalue weighted by molar-refractivity contribution is 0.417. The smallest absolute Gasteiger partial charge is 0.261 e. The molecule has 5 nitrogen and oxygen atoms in total. The van der Waals surface area contributed by atoms with Crippen LogP contribution in [0, 0.1) is 0 Å². The summed E-state index contributed by atoms with van der Waals surface area (Å²) in [5, 5.41) is 4.79. The SMILES string of the molecule is CC(Cn1cccn1)n1c(CCl)nc2ccccc2c1=O. The molecule has 2 heterocycles. The van der Waals surface area contributed by atoms with E-state index < -0.39 is 0 Å². The topological polar surface area (TPSA) is 52.7 Å². The number of fused-ring (bicyclic) bond motifs is 1. The lowest BCUT2D eigenvalue weighted by Crippen LogP contribution is -2.30. The second-order valence-corrected chi connectivity index (χ2v) is 5.20. The van der Waals surface area contributed by atoms with Crippen molar-refractivity contribution in [2.75, 3.05) is 0 Å². The Labute approximate surface area is 126 Å². The molecule has 0 N–H and O–H groups in total. The highest BCUT2D eigenvalue weighted by Gasteiger charge is 2.15. The van der Waals surface area contributed by atoms with Crippen LogP contribution in [0.25, 0.3) is 10.9 Å². The quantitative estimate of drug-likeness (QED) is 0.696. The molecule has 2 aromatic heterocycles. The first kappa shape index (κ1) is 13.8. The molecule has 0 radical (unpaired) electrons. The maximum atomic E-state index is 12.7. The molecule has 0 aliphatic carbocycles. The molecule has 3 aromatic rings. The third kappa shape index (κ3) is 2.56. The van der Waals surface area contributed by atoms with Crippen LogP contribution in [0.2, 0.25) is 0 Å². The number of aromatic nitrogens is 4. The van der Waals surface area contributed by atoms with Gasteiger partial charge in [0.05, 0.1) is 29.4 Å². The van der Waals surface area contributed by atoms with Gasteiger partial charge in [0.15, 0.2) is 0 Å². The van der Waals surface area contributed by atoms with E-state index in [1.807, 2.05) is 37.4 Å². The number of hydrogen-bond donors (Lipinski definition) is 0. The number of nitrogens with zero attached hydrogens (tertiary/aromatic N) is 4. The van der Waals surface area contributed by atoms with Crippen molar-refractivity contribution < 1.29 is 0 Å². The van der Waals surface area contributed by atoms with Gasteiger partial charge in [0.1, 0.15) is 5.82 Å². The van der Waals surface area contributed by atoms with Crippen molar-refractivity contribution in [3.05, 3.63) is 58.9 Å². The van der Waals surface area contributed by atoms with Crippen molar-refractivity contribution in [1.29, 1.82) is 0 Å². The van der Waals surface area contributed by atoms with Gasteiger partial charge in [0.25, 0.3) is 5.56 Å². The molecular formula is C15H15ClN4O. The second-order valence-electron chi connectivity index (χ2n) is 4.93. The third-order valence-electron chi connectivity index (χ3n) is 3.45. The van der Waals surface area contributed by atoms with E-state index in [2.05, 4.69) is 10.1 Å². The standard InChI is InChI=1S/C15H15ClN4O/c1-11(10-19-8-4-7-17-19)20-14(9-16)18-13-6-3-2-5-12(13)15(20)21/h2-8,11H,9-10H2,1H3. The van der Waals surface area contributed by atoms with Gasteiger partial charge in [-0.25, -0.2) is 4.98 Å². The van der Waals surface area contributed by atoms with E-state index in [0.29, 0.717) is 23.3 Å². The number of alkyl halides is 1. The van der Waals surface area contributed by atoms with Gasteiger partial charge in [-0.2, -0.15) is 5.10 Å². The summed E-state index contributed by atoms with van der Waals surface area (Å²) in [6.45, 7) is 2.56. The maximum Gasteiger partial charge on any atom is 0.261 e. The number of para-hydroxylation sites is 1. The van der Waals surface area contributed by atoms with Crippen molar-refractivity contribution in [2.45, 2.75) is 25.4 Å². The molecule has 0 spiro atoms. The van der Waals surface area contributed by atoms with Crippen molar-refractivity contribution in [3.63, 3.8) is 0 Å². The summed E-state index contributed by atoms with van der Waals surface area (Å²) in [6.07, 6.45) is 3.59. The third-order valence-corrected chi connectivity index (χ3v) is 3.69. The van der Waals surface area contributed by atoms with Gasteiger partial charge in [-0.3, -0.25) is 14.0 Å². The Balaban J connectivity index is 2.12. The Kier molecular flexibility index (Phi) is 3.75. The molecule has 1 atom stereocenters. The average Bonchev–Trinajstić information content (AvgIpc) is 2.99. The van der Waals surface area contributed by atoms with Crippen molar-refractivity contribution in [3.8, 4) is 0 Å². The minimum Gasteiger partial charge on any atom is -0.290 e. The highest BCUT2D eigenvalue weighted by atomic mass is 35.5. The number of rotatable bonds is 4. The van der Waals surface area contributed by atoms with E-state index in [9.17, 15) is 4.79 Å². The fourth-order valence-electron chi connectivity index (χ4n) is 2.50. The fourth-order valence-corrected chi connectivity index (χ4v) is 2.69. The van der Waals surface area contributed by atoms with E-state index in [4.69, 9.17) is 11.6 Å². The van der Waals surface area contributed by atoms with E-state index in [-0.39, 0.29) is 17.5 Å². The molecule has 0 aliphatic heterocycles. The van der Waals surface area contributed by atoms with Crippen LogP contribution in [0.1, 0.15) is 18.8 Å². The fraction of sp³-hybridized carbons (Fsp3) is 0.267. The molecule has 1 aromatic carbocycles. The van der Waals surface area contributed by atoms with Crippen LogP contribution < -0.4 is 5.56 Å². The zero-order chi connectivity index (χ0) is 14.8. The summed E-state index contributed by atoms with van der Waals surface area (Å²) >= 11 is 5.99. The molecule has 0 saturated heterocycles. The lowest BCUT2D eigenvalue weighted by Gasteiger charge is -2.19. The summed E-state index contributed by atoms with van der Waals surface area (Å²) in [5.41, 5.74) is 0.622. The largest absolute Gasteiger partial charge is 0.290 e. The van der Waals surface area contributed by atoms with E-state index in [1.165, 1.54) is 0 Å². The Morgan fingerprint density at radius 2 is 2.10 bits per heavy atom. The molecular weight excluding hydrogens is 288 g/mol. The molecule has 108 valence electrons. The second kappa shape index (κ2) is 5.69. The minimum atomic E-state index is -0.0803. The van der Waals surface area contributed by atoms with Crippen LogP contribution >= 0.6 is 11.6 Å². The average molecular weight is 303 g/mol. The van der Waals surface area contributed by atoms with Gasteiger partial charge < -0.3 is 0 Å². The molecule has 6 heteroatoms. The molecule has 1 unspecified atom stereocenters. The zero-order valence-corrected chi connectivity index (χ0v) is 12.4. The van der Waals surface area contributed by atoms with Crippen LogP contribution in [-0.4, -0.2) is 19.3 Å². The normalized spacial score (nSPS) is 12.7. The molecule has 0 saturated carbocycles. The highest BCUT2D eigenvalue weighted by molar-refractivity contribution is 6.16. The summed E-state index contributed by atoms with van der Waals surface area (Å²) in [6, 6.07) is 9.10. The first-order valence-corrected chi connectivity index (χ1v) is 7.27. The maximum absolute atomic E-state index is 12.7. The summed E-state index contributed by atoms with van der Waals surface area (Å²) in [7, 11) is 0. The first-order chi connectivity index (χ1) is 10.2. The molecule has 3 rings (SSSR count). The Bertz CT molecular complexity index is 810. The highest BCUT2D eigenvalue weighted by Crippen LogP contribution is 2.14. The van der Waals surface area contributed by atoms with Crippen LogP contribution in [0.15, 0.2) is 47.5 Å². The summed E-state index contributed by atoms with van der Waals surface area (Å²) in [4.78, 5) is 17.2. The van der Waals surface area contributed by atoms with E-state index >= 15 is 0 Å². The molecule has 0 bridgehead atoms. The van der Waals surface area contributed by atoms with Crippen LogP contribution in [0.5, 0.6) is 0 Å². The lowest BCUT2D eigenvalue weighted by atomic mass is 10.2. The number of halogens is 1. The Morgan fingerprint density at radius 1 is 1.29 bits per heavy atom. The van der Waals surface area contributed by atoms with Gasteiger partial charge in [-0.05, 0) is 25.1 Å². The van der Waals surface area contributed by atoms with Crippen LogP contribution in [0.3, 0.4) is 0 Å². The molecule has 21 heavy (non-hydrogen) atoms. The van der Waals surface area contributed by atoms with Gasteiger partial charge in [-0.15, -0.1) is 11.6 Å². The van der Waals surface area contributed by atoms with E-state index in [0.717, 1.165) is 0 Å². The Morgan fingerprint density at radius 3 is 2.81 bits per heavy atom. The minimum absolute atomic E-state index is 0.0593. The summed E-state index contributed by atoms with van der Waals surface area (Å²) in [5.74, 6) is 0.781. The molecule has 0 aliphatic rings. The van der Waals surface area contributed by atoms with Crippen molar-refractivity contribution in [1.82, 2.24) is 19.3 Å². The molecule has 0 amide bonds. The number of benzene rings is 1. The monoisotopic (exact) mass is 302 g/mol. The van der Waals surface area contributed by atoms with Crippen LogP contribution in [0.4, 0.5) is 0 Å². The number of hydrogen-bond acceptors (Lipinski definition) is 3. The summed E-state index contributed by atoms with van der Waals surface area (Å²) < 4.78 is 3.46. The van der Waals surface area contributed by atoms with E-state index in [1.54, 1.807) is 21.5 Å².